The van der Waals surface area contributed by atoms with Gasteiger partial charge in [-0.25, -0.2) is 0 Å². The molecule has 3 nitrogen and oxygen atoms in total. The highest BCUT2D eigenvalue weighted by Crippen LogP contribution is 2.25. The summed E-state index contributed by atoms with van der Waals surface area (Å²) in [5, 5.41) is 3.31. The van der Waals surface area contributed by atoms with Gasteiger partial charge in [0.15, 0.2) is 0 Å². The number of carbonyl (C=O) groups is 1. The van der Waals surface area contributed by atoms with Crippen LogP contribution >= 0.6 is 0 Å². The van der Waals surface area contributed by atoms with Gasteiger partial charge in [-0.2, -0.15) is 0 Å². The molecule has 1 aliphatic carbocycles. The maximum Gasteiger partial charge on any atom is 0.225 e. The van der Waals surface area contributed by atoms with Gasteiger partial charge in [-0.15, -0.1) is 0 Å². The standard InChI is InChI=1S/C14H26N2O/c1-15-13-8-10-16(11-9-13)14(17)12-6-4-2-3-5-7-12/h12-13,15H,2-11H2,1H3. The Morgan fingerprint density at radius 3 is 2.12 bits per heavy atom. The van der Waals surface area contributed by atoms with Crippen LogP contribution in [0.5, 0.6) is 0 Å². The lowest BCUT2D eigenvalue weighted by Gasteiger charge is -2.34. The first-order chi connectivity index (χ1) is 8.31. The first kappa shape index (κ1) is 12.9. The largest absolute Gasteiger partial charge is 0.342 e. The van der Waals surface area contributed by atoms with Crippen LogP contribution in [0.3, 0.4) is 0 Å². The van der Waals surface area contributed by atoms with E-state index in [1.54, 1.807) is 0 Å². The van der Waals surface area contributed by atoms with Crippen LogP contribution in [0.25, 0.3) is 0 Å². The van der Waals surface area contributed by atoms with Gasteiger partial charge in [-0.05, 0) is 32.7 Å². The molecule has 1 saturated heterocycles. The fraction of sp³-hybridized carbons (Fsp3) is 0.929. The van der Waals surface area contributed by atoms with E-state index in [1.165, 1.54) is 25.7 Å². The summed E-state index contributed by atoms with van der Waals surface area (Å²) < 4.78 is 0. The minimum absolute atomic E-state index is 0.337. The van der Waals surface area contributed by atoms with Crippen molar-refractivity contribution in [3.63, 3.8) is 0 Å². The monoisotopic (exact) mass is 238 g/mol. The molecule has 2 rings (SSSR count). The van der Waals surface area contributed by atoms with Crippen molar-refractivity contribution in [2.24, 2.45) is 5.92 Å². The van der Waals surface area contributed by atoms with Gasteiger partial charge in [-0.3, -0.25) is 4.79 Å². The van der Waals surface area contributed by atoms with E-state index >= 15 is 0 Å². The molecule has 0 bridgehead atoms. The number of nitrogens with one attached hydrogen (secondary N) is 1. The summed E-state index contributed by atoms with van der Waals surface area (Å²) in [5.41, 5.74) is 0. The van der Waals surface area contributed by atoms with Gasteiger partial charge >= 0.3 is 0 Å². The van der Waals surface area contributed by atoms with Crippen molar-refractivity contribution in [2.75, 3.05) is 20.1 Å². The average Bonchev–Trinajstić information content (AvgIpc) is 2.67. The van der Waals surface area contributed by atoms with Crippen LogP contribution in [0.4, 0.5) is 0 Å². The molecule has 1 N–H and O–H groups in total. The van der Waals surface area contributed by atoms with Gasteiger partial charge in [0, 0.05) is 25.0 Å². The zero-order valence-corrected chi connectivity index (χ0v) is 11.1. The minimum Gasteiger partial charge on any atom is -0.342 e. The van der Waals surface area contributed by atoms with E-state index in [0.717, 1.165) is 38.8 Å². The maximum absolute atomic E-state index is 12.4. The molecule has 2 aliphatic rings. The van der Waals surface area contributed by atoms with Crippen LogP contribution < -0.4 is 5.32 Å². The number of likely N-dealkylation sites (tertiary alicyclic amines) is 1. The Morgan fingerprint density at radius 2 is 1.59 bits per heavy atom. The van der Waals surface area contributed by atoms with E-state index in [4.69, 9.17) is 0 Å². The Kier molecular flexibility index (Phi) is 4.84. The fourth-order valence-corrected chi connectivity index (χ4v) is 3.17. The number of hydrogen-bond acceptors (Lipinski definition) is 2. The van der Waals surface area contributed by atoms with Crippen LogP contribution in [0, 0.1) is 5.92 Å². The summed E-state index contributed by atoms with van der Waals surface area (Å²) >= 11 is 0. The molecule has 3 heteroatoms. The zero-order valence-electron chi connectivity index (χ0n) is 11.1. The number of hydrogen-bond donors (Lipinski definition) is 1. The van der Waals surface area contributed by atoms with Gasteiger partial charge in [0.05, 0.1) is 0 Å². The molecule has 0 aromatic carbocycles. The molecular formula is C14H26N2O. The summed E-state index contributed by atoms with van der Waals surface area (Å²) in [6, 6.07) is 0.619. The Balaban J connectivity index is 1.82. The van der Waals surface area contributed by atoms with Gasteiger partial charge < -0.3 is 10.2 Å². The van der Waals surface area contributed by atoms with E-state index in [1.807, 2.05) is 7.05 Å². The third-order valence-electron chi connectivity index (χ3n) is 4.42. The van der Waals surface area contributed by atoms with Gasteiger partial charge in [0.1, 0.15) is 0 Å². The fourth-order valence-electron chi connectivity index (χ4n) is 3.17. The average molecular weight is 238 g/mol. The van der Waals surface area contributed by atoms with Crippen molar-refractivity contribution in [1.82, 2.24) is 10.2 Å². The molecule has 0 aromatic heterocycles. The molecule has 0 spiro atoms. The van der Waals surface area contributed by atoms with Crippen LogP contribution in [0.2, 0.25) is 0 Å². The molecule has 0 radical (unpaired) electrons. The van der Waals surface area contributed by atoms with Crippen molar-refractivity contribution in [2.45, 2.75) is 57.4 Å². The number of carbonyl (C=O) groups excluding carboxylic acids is 1. The second-order valence-electron chi connectivity index (χ2n) is 5.58. The first-order valence-corrected chi connectivity index (χ1v) is 7.27. The molecule has 1 amide bonds. The van der Waals surface area contributed by atoms with Crippen LogP contribution in [0.15, 0.2) is 0 Å². The summed E-state index contributed by atoms with van der Waals surface area (Å²) in [6.07, 6.45) is 9.66. The molecule has 0 atom stereocenters. The van der Waals surface area contributed by atoms with E-state index in [0.29, 0.717) is 17.9 Å². The molecule has 2 fully saturated rings. The topological polar surface area (TPSA) is 32.3 Å². The van der Waals surface area contributed by atoms with Crippen molar-refractivity contribution in [1.29, 1.82) is 0 Å². The van der Waals surface area contributed by atoms with E-state index in [-0.39, 0.29) is 0 Å². The molecule has 17 heavy (non-hydrogen) atoms. The lowest BCUT2D eigenvalue weighted by Crippen LogP contribution is -2.46. The Bertz CT molecular complexity index is 239. The van der Waals surface area contributed by atoms with E-state index < -0.39 is 0 Å². The Morgan fingerprint density at radius 1 is 1.00 bits per heavy atom. The molecule has 1 saturated carbocycles. The maximum atomic E-state index is 12.4. The minimum atomic E-state index is 0.337. The van der Waals surface area contributed by atoms with Crippen LogP contribution in [-0.2, 0) is 4.79 Å². The quantitative estimate of drug-likeness (QED) is 0.748. The first-order valence-electron chi connectivity index (χ1n) is 7.27. The highest BCUT2D eigenvalue weighted by Gasteiger charge is 2.27. The third-order valence-corrected chi connectivity index (χ3v) is 4.42. The Labute approximate surface area is 105 Å². The molecule has 98 valence electrons. The number of nitrogens with zero attached hydrogens (tertiary/aromatic N) is 1. The second kappa shape index (κ2) is 6.39. The Hall–Kier alpha value is -0.570. The molecule has 0 aromatic rings. The highest BCUT2D eigenvalue weighted by atomic mass is 16.2. The molecule has 0 unspecified atom stereocenters. The zero-order chi connectivity index (χ0) is 12.1. The lowest BCUT2D eigenvalue weighted by atomic mass is 9.96. The number of piperidine rings is 1. The van der Waals surface area contributed by atoms with Crippen molar-refractivity contribution < 1.29 is 4.79 Å². The number of amides is 1. The van der Waals surface area contributed by atoms with Gasteiger partial charge in [0.25, 0.3) is 0 Å². The summed E-state index contributed by atoms with van der Waals surface area (Å²) in [7, 11) is 2.02. The highest BCUT2D eigenvalue weighted by molar-refractivity contribution is 5.78. The van der Waals surface area contributed by atoms with Crippen molar-refractivity contribution in [3.05, 3.63) is 0 Å². The van der Waals surface area contributed by atoms with Crippen molar-refractivity contribution in [3.8, 4) is 0 Å². The number of rotatable bonds is 2. The predicted octanol–water partition coefficient (Wildman–Crippen LogP) is 2.17. The molecule has 1 aliphatic heterocycles. The van der Waals surface area contributed by atoms with E-state index in [2.05, 4.69) is 10.2 Å². The van der Waals surface area contributed by atoms with Gasteiger partial charge in [-0.1, -0.05) is 25.7 Å². The molecule has 1 heterocycles. The third kappa shape index (κ3) is 3.44. The van der Waals surface area contributed by atoms with Crippen LogP contribution in [0.1, 0.15) is 51.4 Å². The van der Waals surface area contributed by atoms with Crippen LogP contribution in [-0.4, -0.2) is 37.0 Å². The normalized spacial score (nSPS) is 24.6. The molecular weight excluding hydrogens is 212 g/mol. The van der Waals surface area contributed by atoms with E-state index in [9.17, 15) is 4.79 Å². The van der Waals surface area contributed by atoms with Gasteiger partial charge in [0.2, 0.25) is 5.91 Å². The lowest BCUT2D eigenvalue weighted by molar-refractivity contribution is -0.137. The van der Waals surface area contributed by atoms with Crippen molar-refractivity contribution >= 4 is 5.91 Å². The summed E-state index contributed by atoms with van der Waals surface area (Å²) in [4.78, 5) is 14.5. The summed E-state index contributed by atoms with van der Waals surface area (Å²) in [6.45, 7) is 1.92. The predicted molar refractivity (Wildman–Crippen MR) is 69.9 cm³/mol. The SMILES string of the molecule is CNC1CCN(C(=O)C2CCCCCC2)CC1. The second-order valence-corrected chi connectivity index (χ2v) is 5.58. The summed E-state index contributed by atoms with van der Waals surface area (Å²) in [5.74, 6) is 0.782. The smallest absolute Gasteiger partial charge is 0.225 e.